The molecule has 1 aliphatic heterocycles. The zero-order valence-electron chi connectivity index (χ0n) is 7.58. The van der Waals surface area contributed by atoms with E-state index in [1.807, 2.05) is 7.05 Å². The number of ether oxygens (including phenoxy) is 1. The van der Waals surface area contributed by atoms with Crippen LogP contribution in [-0.2, 0) is 14.4 Å². The van der Waals surface area contributed by atoms with Crippen molar-refractivity contribution in [2.24, 2.45) is 0 Å². The molecule has 0 amide bonds. The van der Waals surface area contributed by atoms with Crippen LogP contribution in [0.25, 0.3) is 0 Å². The molecule has 0 saturated carbocycles. The Hall–Kier alpha value is -0.610. The lowest BCUT2D eigenvalue weighted by Gasteiger charge is -2.27. The Morgan fingerprint density at radius 1 is 1.75 bits per heavy atom. The number of hydrogen-bond donors (Lipinski definition) is 0. The molecular formula is C8H15NO3. The average molecular weight is 173 g/mol. The van der Waals surface area contributed by atoms with E-state index in [9.17, 15) is 4.79 Å². The second-order valence-electron chi connectivity index (χ2n) is 2.84. The average Bonchev–Trinajstić information content (AvgIpc) is 2.05. The highest BCUT2D eigenvalue weighted by atomic mass is 16.7. The fraction of sp³-hybridized carbons (Fsp3) is 0.875. The van der Waals surface area contributed by atoms with Gasteiger partial charge in [0.05, 0.1) is 6.61 Å². The van der Waals surface area contributed by atoms with Crippen LogP contribution in [0.4, 0.5) is 0 Å². The van der Waals surface area contributed by atoms with Gasteiger partial charge in [-0.3, -0.25) is 4.84 Å². The van der Waals surface area contributed by atoms with Gasteiger partial charge in [-0.25, -0.2) is 4.79 Å². The first kappa shape index (κ1) is 9.48. The van der Waals surface area contributed by atoms with Crippen molar-refractivity contribution < 1.29 is 14.4 Å². The van der Waals surface area contributed by atoms with Crippen LogP contribution >= 0.6 is 0 Å². The lowest BCUT2D eigenvalue weighted by atomic mass is 10.2. The quantitative estimate of drug-likeness (QED) is 0.572. The van der Waals surface area contributed by atoms with Crippen molar-refractivity contribution in [2.45, 2.75) is 25.9 Å². The summed E-state index contributed by atoms with van der Waals surface area (Å²) in [5.74, 6) is -0.246. The number of nitrogens with zero attached hydrogens (tertiary/aromatic N) is 1. The standard InChI is InChI=1S/C8H15NO3/c1-3-11-8(10)7-5-4-6-9(2)12-7/h7H,3-6H2,1-2H3. The number of carbonyl (C=O) groups excluding carboxylic acids is 1. The summed E-state index contributed by atoms with van der Waals surface area (Å²) in [6, 6.07) is 0. The van der Waals surface area contributed by atoms with Gasteiger partial charge in [-0.2, -0.15) is 5.06 Å². The van der Waals surface area contributed by atoms with E-state index in [1.165, 1.54) is 0 Å². The molecule has 1 aliphatic rings. The van der Waals surface area contributed by atoms with Gasteiger partial charge in [-0.1, -0.05) is 0 Å². The Morgan fingerprint density at radius 3 is 3.08 bits per heavy atom. The van der Waals surface area contributed by atoms with Gasteiger partial charge in [0.1, 0.15) is 0 Å². The predicted molar refractivity (Wildman–Crippen MR) is 43.4 cm³/mol. The minimum absolute atomic E-state index is 0.246. The number of hydrogen-bond acceptors (Lipinski definition) is 4. The van der Waals surface area contributed by atoms with Gasteiger partial charge >= 0.3 is 5.97 Å². The van der Waals surface area contributed by atoms with Crippen LogP contribution in [0.5, 0.6) is 0 Å². The van der Waals surface area contributed by atoms with Crippen molar-refractivity contribution in [3.05, 3.63) is 0 Å². The lowest BCUT2D eigenvalue weighted by Crippen LogP contribution is -2.38. The van der Waals surface area contributed by atoms with Gasteiger partial charge in [0.25, 0.3) is 0 Å². The van der Waals surface area contributed by atoms with Gasteiger partial charge in [0, 0.05) is 13.6 Å². The van der Waals surface area contributed by atoms with Crippen LogP contribution < -0.4 is 0 Å². The van der Waals surface area contributed by atoms with Crippen molar-refractivity contribution >= 4 is 5.97 Å². The summed E-state index contributed by atoms with van der Waals surface area (Å²) in [5.41, 5.74) is 0. The molecule has 0 aromatic rings. The fourth-order valence-corrected chi connectivity index (χ4v) is 1.22. The SMILES string of the molecule is CCOC(=O)C1CCCN(C)O1. The number of carbonyl (C=O) groups is 1. The van der Waals surface area contributed by atoms with E-state index in [0.717, 1.165) is 19.4 Å². The van der Waals surface area contributed by atoms with E-state index < -0.39 is 0 Å². The molecule has 0 aliphatic carbocycles. The molecule has 1 rings (SSSR count). The number of esters is 1. The van der Waals surface area contributed by atoms with Gasteiger partial charge in [-0.15, -0.1) is 0 Å². The second kappa shape index (κ2) is 4.42. The molecule has 70 valence electrons. The smallest absolute Gasteiger partial charge is 0.337 e. The summed E-state index contributed by atoms with van der Waals surface area (Å²) in [6.45, 7) is 3.10. The van der Waals surface area contributed by atoms with Crippen molar-refractivity contribution in [3.63, 3.8) is 0 Å². The molecule has 0 aromatic heterocycles. The maximum absolute atomic E-state index is 11.2. The van der Waals surface area contributed by atoms with E-state index in [-0.39, 0.29) is 12.1 Å². The molecule has 4 heteroatoms. The van der Waals surface area contributed by atoms with E-state index in [1.54, 1.807) is 12.0 Å². The summed E-state index contributed by atoms with van der Waals surface area (Å²) in [4.78, 5) is 16.4. The summed E-state index contributed by atoms with van der Waals surface area (Å²) in [7, 11) is 1.82. The highest BCUT2D eigenvalue weighted by Gasteiger charge is 2.25. The third kappa shape index (κ3) is 2.46. The molecule has 1 unspecified atom stereocenters. The molecule has 0 N–H and O–H groups in total. The molecule has 0 aromatic carbocycles. The number of hydroxylamine groups is 2. The minimum atomic E-state index is -0.385. The Balaban J connectivity index is 2.35. The van der Waals surface area contributed by atoms with Crippen LogP contribution in [0.15, 0.2) is 0 Å². The van der Waals surface area contributed by atoms with Crippen LogP contribution in [0.3, 0.4) is 0 Å². The maximum Gasteiger partial charge on any atom is 0.337 e. The molecule has 1 heterocycles. The van der Waals surface area contributed by atoms with Crippen LogP contribution in [-0.4, -0.2) is 37.3 Å². The molecule has 0 spiro atoms. The van der Waals surface area contributed by atoms with Crippen molar-refractivity contribution in [3.8, 4) is 0 Å². The molecule has 0 radical (unpaired) electrons. The fourth-order valence-electron chi connectivity index (χ4n) is 1.22. The van der Waals surface area contributed by atoms with E-state index >= 15 is 0 Å². The van der Waals surface area contributed by atoms with Gasteiger partial charge in [0.15, 0.2) is 6.10 Å². The van der Waals surface area contributed by atoms with Crippen LogP contribution in [0.1, 0.15) is 19.8 Å². The lowest BCUT2D eigenvalue weighted by molar-refractivity contribution is -0.219. The minimum Gasteiger partial charge on any atom is -0.464 e. The Labute approximate surface area is 72.4 Å². The first-order valence-electron chi connectivity index (χ1n) is 4.28. The first-order chi connectivity index (χ1) is 5.74. The second-order valence-corrected chi connectivity index (χ2v) is 2.84. The van der Waals surface area contributed by atoms with Crippen molar-refractivity contribution in [2.75, 3.05) is 20.2 Å². The van der Waals surface area contributed by atoms with Crippen molar-refractivity contribution in [1.82, 2.24) is 5.06 Å². The molecule has 1 atom stereocenters. The normalized spacial score (nSPS) is 25.3. The maximum atomic E-state index is 11.2. The molecule has 1 saturated heterocycles. The molecule has 1 fully saturated rings. The summed E-state index contributed by atoms with van der Waals surface area (Å²) >= 11 is 0. The zero-order valence-corrected chi connectivity index (χ0v) is 7.58. The van der Waals surface area contributed by atoms with Gasteiger partial charge in [0.2, 0.25) is 0 Å². The van der Waals surface area contributed by atoms with E-state index in [0.29, 0.717) is 6.61 Å². The van der Waals surface area contributed by atoms with Crippen molar-refractivity contribution in [1.29, 1.82) is 0 Å². The van der Waals surface area contributed by atoms with Crippen LogP contribution in [0.2, 0.25) is 0 Å². The van der Waals surface area contributed by atoms with Gasteiger partial charge in [-0.05, 0) is 19.8 Å². The summed E-state index contributed by atoms with van der Waals surface area (Å²) in [5, 5.41) is 1.69. The first-order valence-corrected chi connectivity index (χ1v) is 4.28. The third-order valence-corrected chi connectivity index (χ3v) is 1.80. The Kier molecular flexibility index (Phi) is 3.49. The Bertz CT molecular complexity index is 160. The topological polar surface area (TPSA) is 38.8 Å². The number of rotatable bonds is 2. The van der Waals surface area contributed by atoms with Gasteiger partial charge < -0.3 is 4.74 Å². The molecular weight excluding hydrogens is 158 g/mol. The third-order valence-electron chi connectivity index (χ3n) is 1.80. The highest BCUT2D eigenvalue weighted by Crippen LogP contribution is 2.12. The summed E-state index contributed by atoms with van der Waals surface area (Å²) < 4.78 is 4.84. The molecule has 4 nitrogen and oxygen atoms in total. The highest BCUT2D eigenvalue weighted by molar-refractivity contribution is 5.74. The molecule has 12 heavy (non-hydrogen) atoms. The van der Waals surface area contributed by atoms with E-state index in [2.05, 4.69) is 0 Å². The van der Waals surface area contributed by atoms with E-state index in [4.69, 9.17) is 9.57 Å². The van der Waals surface area contributed by atoms with Crippen LogP contribution in [0, 0.1) is 0 Å². The monoisotopic (exact) mass is 173 g/mol. The largest absolute Gasteiger partial charge is 0.464 e. The predicted octanol–water partition coefficient (Wildman–Crippen LogP) is 0.575. The molecule has 0 bridgehead atoms. The Morgan fingerprint density at radius 2 is 2.50 bits per heavy atom. The zero-order chi connectivity index (χ0) is 8.97. The summed E-state index contributed by atoms with van der Waals surface area (Å²) in [6.07, 6.45) is 1.37.